The van der Waals surface area contributed by atoms with Gasteiger partial charge < -0.3 is 11.5 Å². The van der Waals surface area contributed by atoms with E-state index in [1.165, 1.54) is 44.9 Å². The lowest BCUT2D eigenvalue weighted by molar-refractivity contribution is 0.288. The Hall–Kier alpha value is -0.0800. The van der Waals surface area contributed by atoms with E-state index in [2.05, 4.69) is 6.92 Å². The van der Waals surface area contributed by atoms with Crippen LogP contribution in [0.5, 0.6) is 0 Å². The van der Waals surface area contributed by atoms with Gasteiger partial charge in [-0.25, -0.2) is 0 Å². The molecule has 2 atom stereocenters. The third-order valence-corrected chi connectivity index (χ3v) is 3.95. The van der Waals surface area contributed by atoms with Gasteiger partial charge in [-0.05, 0) is 38.1 Å². The van der Waals surface area contributed by atoms with Crippen LogP contribution in [0.3, 0.4) is 0 Å². The first-order chi connectivity index (χ1) is 7.24. The van der Waals surface area contributed by atoms with Crippen LogP contribution in [0.15, 0.2) is 0 Å². The minimum Gasteiger partial charge on any atom is -0.330 e. The van der Waals surface area contributed by atoms with Gasteiger partial charge in [-0.3, -0.25) is 0 Å². The summed E-state index contributed by atoms with van der Waals surface area (Å²) in [5.74, 6) is 1.63. The van der Waals surface area contributed by atoms with Gasteiger partial charge in [0.1, 0.15) is 0 Å². The lowest BCUT2D eigenvalue weighted by Gasteiger charge is -2.25. The van der Waals surface area contributed by atoms with Crippen LogP contribution in [0.1, 0.15) is 58.3 Å². The molecule has 90 valence electrons. The monoisotopic (exact) mass is 212 g/mol. The number of hydrogen-bond donors (Lipinski definition) is 2. The number of nitrogens with two attached hydrogens (primary N) is 2. The molecule has 2 heteroatoms. The maximum absolute atomic E-state index is 5.98. The molecule has 2 nitrogen and oxygen atoms in total. The van der Waals surface area contributed by atoms with E-state index in [0.717, 1.165) is 18.9 Å². The first-order valence-corrected chi connectivity index (χ1v) is 6.69. The average molecular weight is 212 g/mol. The van der Waals surface area contributed by atoms with Gasteiger partial charge in [0.25, 0.3) is 0 Å². The molecule has 2 unspecified atom stereocenters. The highest BCUT2D eigenvalue weighted by atomic mass is 14.6. The molecule has 0 saturated heterocycles. The van der Waals surface area contributed by atoms with Crippen LogP contribution in [0.4, 0.5) is 0 Å². The largest absolute Gasteiger partial charge is 0.330 e. The van der Waals surface area contributed by atoms with Crippen LogP contribution in [-0.4, -0.2) is 12.6 Å². The summed E-state index contributed by atoms with van der Waals surface area (Å²) in [7, 11) is 0. The smallest absolute Gasteiger partial charge is 0.00392 e. The molecule has 1 fully saturated rings. The topological polar surface area (TPSA) is 52.0 Å². The molecule has 0 aromatic rings. The second-order valence-electron chi connectivity index (χ2n) is 5.28. The SMILES string of the molecule is CC(N)C(CCN)CCC1CCCCC1. The molecule has 0 aromatic carbocycles. The van der Waals surface area contributed by atoms with Crippen molar-refractivity contribution in [1.82, 2.24) is 0 Å². The Labute approximate surface area is 94.8 Å². The van der Waals surface area contributed by atoms with Crippen LogP contribution in [-0.2, 0) is 0 Å². The lowest BCUT2D eigenvalue weighted by Crippen LogP contribution is -2.29. The van der Waals surface area contributed by atoms with Crippen molar-refractivity contribution in [3.63, 3.8) is 0 Å². The van der Waals surface area contributed by atoms with Crippen molar-refractivity contribution in [2.75, 3.05) is 6.54 Å². The predicted octanol–water partition coefficient (Wildman–Crippen LogP) is 2.66. The molecule has 0 bridgehead atoms. The Bertz CT molecular complexity index is 151. The van der Waals surface area contributed by atoms with Crippen molar-refractivity contribution < 1.29 is 0 Å². The molecule has 1 rings (SSSR count). The van der Waals surface area contributed by atoms with E-state index in [-0.39, 0.29) is 0 Å². The summed E-state index contributed by atoms with van der Waals surface area (Å²) < 4.78 is 0. The van der Waals surface area contributed by atoms with Crippen molar-refractivity contribution >= 4 is 0 Å². The maximum Gasteiger partial charge on any atom is 0.00392 e. The molecule has 1 aliphatic rings. The number of rotatable bonds is 6. The molecule has 4 N–H and O–H groups in total. The van der Waals surface area contributed by atoms with Crippen LogP contribution < -0.4 is 11.5 Å². The van der Waals surface area contributed by atoms with Gasteiger partial charge in [-0.1, -0.05) is 38.5 Å². The fourth-order valence-corrected chi connectivity index (χ4v) is 2.81. The second-order valence-corrected chi connectivity index (χ2v) is 5.28. The molecule has 0 aromatic heterocycles. The summed E-state index contributed by atoms with van der Waals surface area (Å²) in [6.45, 7) is 2.91. The summed E-state index contributed by atoms with van der Waals surface area (Å²) >= 11 is 0. The van der Waals surface area contributed by atoms with Crippen molar-refractivity contribution in [2.45, 2.75) is 64.3 Å². The summed E-state index contributed by atoms with van der Waals surface area (Å²) in [5.41, 5.74) is 11.6. The molecule has 0 aliphatic heterocycles. The third-order valence-electron chi connectivity index (χ3n) is 3.95. The standard InChI is InChI=1S/C13H28N2/c1-11(15)13(9-10-14)8-7-12-5-3-2-4-6-12/h11-13H,2-10,14-15H2,1H3. The predicted molar refractivity (Wildman–Crippen MR) is 66.6 cm³/mol. The Kier molecular flexibility index (Phi) is 6.26. The third kappa shape index (κ3) is 4.98. The first-order valence-electron chi connectivity index (χ1n) is 6.69. The summed E-state index contributed by atoms with van der Waals surface area (Å²) in [4.78, 5) is 0. The summed E-state index contributed by atoms with van der Waals surface area (Å²) in [6, 6.07) is 0.317. The van der Waals surface area contributed by atoms with Crippen LogP contribution in [0, 0.1) is 11.8 Å². The van der Waals surface area contributed by atoms with Crippen molar-refractivity contribution in [1.29, 1.82) is 0 Å². The molecule has 0 heterocycles. The minimum atomic E-state index is 0.317. The molecule has 0 radical (unpaired) electrons. The van der Waals surface area contributed by atoms with Gasteiger partial charge in [0.05, 0.1) is 0 Å². The summed E-state index contributed by atoms with van der Waals surface area (Å²) in [6.07, 6.45) is 11.0. The van der Waals surface area contributed by atoms with Crippen molar-refractivity contribution in [3.05, 3.63) is 0 Å². The summed E-state index contributed by atoms with van der Waals surface area (Å²) in [5, 5.41) is 0. The Morgan fingerprint density at radius 1 is 1.13 bits per heavy atom. The van der Waals surface area contributed by atoms with Gasteiger partial charge in [-0.2, -0.15) is 0 Å². The maximum atomic E-state index is 5.98. The zero-order valence-electron chi connectivity index (χ0n) is 10.3. The van der Waals surface area contributed by atoms with Crippen LogP contribution >= 0.6 is 0 Å². The first kappa shape index (κ1) is 13.0. The zero-order chi connectivity index (χ0) is 11.1. The zero-order valence-corrected chi connectivity index (χ0v) is 10.3. The number of hydrogen-bond acceptors (Lipinski definition) is 2. The Morgan fingerprint density at radius 2 is 1.80 bits per heavy atom. The Balaban J connectivity index is 2.19. The van der Waals surface area contributed by atoms with E-state index in [1.807, 2.05) is 0 Å². The quantitative estimate of drug-likeness (QED) is 0.711. The highest BCUT2D eigenvalue weighted by molar-refractivity contribution is 4.73. The van der Waals surface area contributed by atoms with Gasteiger partial charge in [0.15, 0.2) is 0 Å². The van der Waals surface area contributed by atoms with Gasteiger partial charge in [0.2, 0.25) is 0 Å². The van der Waals surface area contributed by atoms with E-state index in [4.69, 9.17) is 11.5 Å². The Morgan fingerprint density at radius 3 is 2.33 bits per heavy atom. The van der Waals surface area contributed by atoms with E-state index in [0.29, 0.717) is 12.0 Å². The molecule has 1 aliphatic carbocycles. The molecule has 0 amide bonds. The highest BCUT2D eigenvalue weighted by Gasteiger charge is 2.17. The van der Waals surface area contributed by atoms with Gasteiger partial charge in [0, 0.05) is 6.04 Å². The van der Waals surface area contributed by atoms with E-state index in [1.54, 1.807) is 0 Å². The van der Waals surface area contributed by atoms with Crippen molar-refractivity contribution in [3.8, 4) is 0 Å². The fraction of sp³-hybridized carbons (Fsp3) is 1.00. The van der Waals surface area contributed by atoms with Crippen LogP contribution in [0.2, 0.25) is 0 Å². The van der Waals surface area contributed by atoms with Crippen molar-refractivity contribution in [2.24, 2.45) is 23.3 Å². The molecular weight excluding hydrogens is 184 g/mol. The van der Waals surface area contributed by atoms with Gasteiger partial charge in [-0.15, -0.1) is 0 Å². The van der Waals surface area contributed by atoms with Crippen LogP contribution in [0.25, 0.3) is 0 Å². The molecule has 1 saturated carbocycles. The second kappa shape index (κ2) is 7.24. The molecule has 15 heavy (non-hydrogen) atoms. The lowest BCUT2D eigenvalue weighted by atomic mass is 9.82. The molecule has 0 spiro atoms. The minimum absolute atomic E-state index is 0.317. The fourth-order valence-electron chi connectivity index (χ4n) is 2.81. The van der Waals surface area contributed by atoms with E-state index < -0.39 is 0 Å². The highest BCUT2D eigenvalue weighted by Crippen LogP contribution is 2.29. The van der Waals surface area contributed by atoms with Gasteiger partial charge >= 0.3 is 0 Å². The molecular formula is C13H28N2. The van der Waals surface area contributed by atoms with E-state index >= 15 is 0 Å². The normalized spacial score (nSPS) is 22.6. The van der Waals surface area contributed by atoms with E-state index in [9.17, 15) is 0 Å². The average Bonchev–Trinajstić information content (AvgIpc) is 2.25.